The van der Waals surface area contributed by atoms with Crippen LogP contribution in [0.15, 0.2) is 142 Å². The number of nitrogens with zero attached hydrogens (tertiary/aromatic N) is 4. The van der Waals surface area contributed by atoms with Crippen LogP contribution < -0.4 is 39.7 Å². The lowest BCUT2D eigenvalue weighted by atomic mass is 10.0. The van der Waals surface area contributed by atoms with Crippen LogP contribution in [0.2, 0.25) is 0 Å². The van der Waals surface area contributed by atoms with Gasteiger partial charge in [-0.25, -0.2) is 9.59 Å². The number of para-hydroxylation sites is 4. The maximum Gasteiger partial charge on any atom is 0.408 e. The molecule has 0 fully saturated rings. The molecule has 0 radical (unpaired) electrons. The summed E-state index contributed by atoms with van der Waals surface area (Å²) in [6, 6.07) is 36.0. The SMILES string of the molecule is COc1ccc2cc(Br)ccc2c1CN1C(=O)[C@@H](NC(=O)O)CN(C(=O)c2ccc(C(=O)N3C[C@H](NC(=O)OC(C)(C)C)C(=O)N(Cc4c(OC)ccc5cc(Br)ccc45)c4ccccc43)cc2)c2ccccc21. The predicted octanol–water partition coefficient (Wildman–Crippen LogP) is 10.5. The zero-order chi connectivity index (χ0) is 52.6. The number of halogens is 2. The van der Waals surface area contributed by atoms with Crippen molar-refractivity contribution in [3.8, 4) is 11.5 Å². The van der Waals surface area contributed by atoms with Crippen molar-refractivity contribution in [2.45, 2.75) is 51.5 Å². The Kier molecular flexibility index (Phi) is 14.4. The molecule has 74 heavy (non-hydrogen) atoms. The van der Waals surface area contributed by atoms with Gasteiger partial charge >= 0.3 is 12.2 Å². The summed E-state index contributed by atoms with van der Waals surface area (Å²) in [6.07, 6.45) is -2.31. The van der Waals surface area contributed by atoms with Crippen molar-refractivity contribution >= 4 is 112 Å². The molecule has 0 aromatic heterocycles. The first-order valence-corrected chi connectivity index (χ1v) is 25.1. The van der Waals surface area contributed by atoms with Crippen LogP contribution in [0.25, 0.3) is 21.5 Å². The number of carboxylic acid groups (broad SMARTS) is 1. The molecule has 2 aliphatic heterocycles. The zero-order valence-electron chi connectivity index (χ0n) is 40.9. The number of carbonyl (C=O) groups excluding carboxylic acids is 5. The maximum absolute atomic E-state index is 15.0. The first-order chi connectivity index (χ1) is 35.4. The van der Waals surface area contributed by atoms with Gasteiger partial charge in [0, 0.05) is 31.2 Å². The highest BCUT2D eigenvalue weighted by molar-refractivity contribution is 9.10. The lowest BCUT2D eigenvalue weighted by molar-refractivity contribution is -0.121. The zero-order valence-corrected chi connectivity index (χ0v) is 44.0. The Morgan fingerprint density at radius 3 is 1.38 bits per heavy atom. The molecule has 6 amide bonds. The number of methoxy groups -OCH3 is 2. The summed E-state index contributed by atoms with van der Waals surface area (Å²) in [5.74, 6) is -1.17. The molecule has 0 bridgehead atoms. The topological polar surface area (TPSA) is 187 Å². The fourth-order valence-corrected chi connectivity index (χ4v) is 10.2. The van der Waals surface area contributed by atoms with Gasteiger partial charge in [0.15, 0.2) is 0 Å². The summed E-state index contributed by atoms with van der Waals surface area (Å²) in [4.78, 5) is 90.8. The molecule has 7 aromatic carbocycles. The van der Waals surface area contributed by atoms with E-state index in [1.807, 2.05) is 54.6 Å². The standard InChI is InChI=1S/C56H50Br2N6O10/c1-56(2,3)74-55(71)60-43-31-64(47-13-9-7-11-45(47)62(53(43)68)29-41-39-23-21-37(58)27-35(39)19-25-49(41)73-5)51(66)33-16-14-32(15-17-33)50(65)63-30-42(59-54(69)70)52(67)61(44-10-6-8-12-46(44)63)28-40-38-22-20-36(57)26-34(38)18-24-48(40)72-4/h6-27,42-43,59H,28-31H2,1-5H3,(H,60,71)(H,69,70)/t42-,43-/m0/s1. The normalized spacial score (nSPS) is 15.7. The second-order valence-electron chi connectivity index (χ2n) is 18.7. The lowest BCUT2D eigenvalue weighted by Gasteiger charge is -2.27. The minimum Gasteiger partial charge on any atom is -0.496 e. The molecule has 3 N–H and O–H groups in total. The third-order valence-corrected chi connectivity index (χ3v) is 13.8. The van der Waals surface area contributed by atoms with Crippen LogP contribution in [-0.4, -0.2) is 85.9 Å². The van der Waals surface area contributed by atoms with Gasteiger partial charge in [-0.3, -0.25) is 19.2 Å². The molecule has 18 heteroatoms. The first-order valence-electron chi connectivity index (χ1n) is 23.5. The molecule has 378 valence electrons. The van der Waals surface area contributed by atoms with E-state index in [0.717, 1.165) is 30.5 Å². The number of benzene rings is 7. The number of carbonyl (C=O) groups is 6. The Morgan fingerprint density at radius 2 is 0.986 bits per heavy atom. The number of hydrogen-bond donors (Lipinski definition) is 3. The van der Waals surface area contributed by atoms with Crippen LogP contribution >= 0.6 is 31.9 Å². The Bertz CT molecular complexity index is 3400. The average molecular weight is 1130 g/mol. The fourth-order valence-electron chi connectivity index (χ4n) is 9.48. The van der Waals surface area contributed by atoms with Gasteiger partial charge in [-0.1, -0.05) is 80.4 Å². The van der Waals surface area contributed by atoms with Gasteiger partial charge < -0.3 is 49.6 Å². The Morgan fingerprint density at radius 1 is 0.581 bits per heavy atom. The first kappa shape index (κ1) is 51.0. The van der Waals surface area contributed by atoms with Gasteiger partial charge in [0.2, 0.25) is 0 Å². The number of nitrogens with one attached hydrogen (secondary N) is 2. The number of alkyl carbamates (subject to hydrolysis) is 1. The summed E-state index contributed by atoms with van der Waals surface area (Å²) in [5.41, 5.74) is 2.21. The summed E-state index contributed by atoms with van der Waals surface area (Å²) >= 11 is 7.08. The number of amides is 6. The van der Waals surface area contributed by atoms with Crippen LogP contribution in [0.4, 0.5) is 32.3 Å². The molecule has 0 saturated heterocycles. The van der Waals surface area contributed by atoms with E-state index in [4.69, 9.17) is 14.2 Å². The van der Waals surface area contributed by atoms with E-state index in [9.17, 15) is 33.9 Å². The largest absolute Gasteiger partial charge is 0.496 e. The minimum atomic E-state index is -1.46. The van der Waals surface area contributed by atoms with Gasteiger partial charge in [0.05, 0.1) is 63.1 Å². The van der Waals surface area contributed by atoms with Gasteiger partial charge in [0.1, 0.15) is 29.2 Å². The monoisotopic (exact) mass is 1120 g/mol. The molecule has 0 aliphatic carbocycles. The molecular formula is C56H50Br2N6O10. The van der Waals surface area contributed by atoms with Crippen molar-refractivity contribution in [1.29, 1.82) is 0 Å². The second kappa shape index (κ2) is 20.9. The van der Waals surface area contributed by atoms with Crippen LogP contribution in [0.3, 0.4) is 0 Å². The number of fused-ring (bicyclic) bond motifs is 4. The second-order valence-corrected chi connectivity index (χ2v) is 20.5. The third kappa shape index (κ3) is 10.3. The number of anilines is 4. The van der Waals surface area contributed by atoms with Crippen molar-refractivity contribution in [2.75, 3.05) is 46.9 Å². The van der Waals surface area contributed by atoms with E-state index < -0.39 is 53.5 Å². The van der Waals surface area contributed by atoms with E-state index in [-0.39, 0.29) is 37.3 Å². The number of hydrogen-bond acceptors (Lipinski definition) is 9. The number of rotatable bonds is 10. The van der Waals surface area contributed by atoms with Crippen LogP contribution in [-0.2, 0) is 27.4 Å². The van der Waals surface area contributed by atoms with Crippen LogP contribution in [0, 0.1) is 0 Å². The highest BCUT2D eigenvalue weighted by Gasteiger charge is 2.40. The van der Waals surface area contributed by atoms with E-state index in [0.29, 0.717) is 45.4 Å². The van der Waals surface area contributed by atoms with E-state index in [1.165, 1.54) is 51.0 Å². The maximum atomic E-state index is 15.0. The van der Waals surface area contributed by atoms with E-state index in [2.05, 4.69) is 42.5 Å². The summed E-state index contributed by atoms with van der Waals surface area (Å²) in [6.45, 7) is 4.44. The third-order valence-electron chi connectivity index (χ3n) is 12.8. The van der Waals surface area contributed by atoms with Crippen LogP contribution in [0.1, 0.15) is 52.6 Å². The van der Waals surface area contributed by atoms with Crippen molar-refractivity contribution in [3.63, 3.8) is 0 Å². The molecule has 0 saturated carbocycles. The molecule has 16 nitrogen and oxygen atoms in total. The molecule has 7 aromatic rings. The molecule has 0 unspecified atom stereocenters. The van der Waals surface area contributed by atoms with Gasteiger partial charge in [-0.15, -0.1) is 0 Å². The molecular weight excluding hydrogens is 1080 g/mol. The molecule has 2 aliphatic rings. The molecule has 2 atom stereocenters. The molecule has 0 spiro atoms. The van der Waals surface area contributed by atoms with E-state index in [1.54, 1.807) is 82.5 Å². The Balaban J connectivity index is 1.06. The van der Waals surface area contributed by atoms with Crippen molar-refractivity contribution in [2.24, 2.45) is 0 Å². The number of ether oxygens (including phenoxy) is 3. The smallest absolute Gasteiger partial charge is 0.408 e. The average Bonchev–Trinajstić information content (AvgIpc) is 3.56. The van der Waals surface area contributed by atoms with Crippen molar-refractivity contribution in [1.82, 2.24) is 10.6 Å². The van der Waals surface area contributed by atoms with Crippen molar-refractivity contribution < 1.29 is 48.1 Å². The lowest BCUT2D eigenvalue weighted by Crippen LogP contribution is -2.53. The molecule has 9 rings (SSSR count). The predicted molar refractivity (Wildman–Crippen MR) is 290 cm³/mol. The fraction of sp³-hybridized carbons (Fsp3) is 0.214. The summed E-state index contributed by atoms with van der Waals surface area (Å²) in [7, 11) is 3.08. The Labute approximate surface area is 443 Å². The highest BCUT2D eigenvalue weighted by atomic mass is 79.9. The quantitative estimate of drug-likeness (QED) is 0.119. The highest BCUT2D eigenvalue weighted by Crippen LogP contribution is 2.40. The van der Waals surface area contributed by atoms with Gasteiger partial charge in [0.25, 0.3) is 23.6 Å². The van der Waals surface area contributed by atoms with Gasteiger partial charge in [-0.05, 0) is 127 Å². The van der Waals surface area contributed by atoms with Gasteiger partial charge in [-0.2, -0.15) is 0 Å². The minimum absolute atomic E-state index is 0.00464. The Hall–Kier alpha value is -7.96. The van der Waals surface area contributed by atoms with Crippen molar-refractivity contribution in [3.05, 3.63) is 165 Å². The van der Waals surface area contributed by atoms with Crippen LogP contribution in [0.5, 0.6) is 11.5 Å². The van der Waals surface area contributed by atoms with E-state index >= 15 is 0 Å². The molecule has 2 heterocycles. The summed E-state index contributed by atoms with van der Waals surface area (Å²) < 4.78 is 18.9. The summed E-state index contributed by atoms with van der Waals surface area (Å²) in [5, 5.41) is 18.5.